The molecule has 2 aromatic rings. The maximum absolute atomic E-state index is 13.0. The predicted molar refractivity (Wildman–Crippen MR) is 116 cm³/mol. The van der Waals surface area contributed by atoms with E-state index in [-0.39, 0.29) is 18.4 Å². The number of nitrogens with one attached hydrogen (secondary N) is 2. The van der Waals surface area contributed by atoms with Crippen LogP contribution in [0.15, 0.2) is 23.6 Å². The van der Waals surface area contributed by atoms with Crippen molar-refractivity contribution in [1.29, 1.82) is 0 Å². The van der Waals surface area contributed by atoms with Crippen molar-refractivity contribution >= 4 is 34.3 Å². The lowest BCUT2D eigenvalue weighted by atomic mass is 9.73. The van der Waals surface area contributed by atoms with E-state index in [0.717, 1.165) is 53.2 Å². The van der Waals surface area contributed by atoms with Crippen LogP contribution < -0.4 is 15.4 Å². The van der Waals surface area contributed by atoms with Gasteiger partial charge in [-0.25, -0.2) is 9.78 Å². The first-order valence-electron chi connectivity index (χ1n) is 10.6. The SMILES string of the molecule is C[C@@H]1CCCC[C@]12NC(=O)N(CC(=O)Nc1nc(-c3ccc4c(c3)CCO4)cs1)C2=O. The molecular weight excluding hydrogens is 416 g/mol. The van der Waals surface area contributed by atoms with Crippen LogP contribution in [0.5, 0.6) is 5.75 Å². The van der Waals surface area contributed by atoms with Gasteiger partial charge in [-0.1, -0.05) is 19.8 Å². The summed E-state index contributed by atoms with van der Waals surface area (Å²) in [6.07, 6.45) is 4.34. The lowest BCUT2D eigenvalue weighted by Crippen LogP contribution is -2.54. The number of imide groups is 1. The van der Waals surface area contributed by atoms with E-state index in [1.54, 1.807) is 0 Å². The molecule has 2 N–H and O–H groups in total. The van der Waals surface area contributed by atoms with Gasteiger partial charge in [0, 0.05) is 17.4 Å². The number of hydrogen-bond donors (Lipinski definition) is 2. The van der Waals surface area contributed by atoms with Crippen LogP contribution in [0.4, 0.5) is 9.93 Å². The van der Waals surface area contributed by atoms with Gasteiger partial charge in [0.2, 0.25) is 5.91 Å². The van der Waals surface area contributed by atoms with E-state index < -0.39 is 17.5 Å². The second-order valence-corrected chi connectivity index (χ2v) is 9.30. The molecule has 5 rings (SSSR count). The first-order valence-corrected chi connectivity index (χ1v) is 11.5. The summed E-state index contributed by atoms with van der Waals surface area (Å²) < 4.78 is 5.54. The Labute approximate surface area is 184 Å². The molecule has 1 saturated carbocycles. The largest absolute Gasteiger partial charge is 0.493 e. The Morgan fingerprint density at radius 2 is 2.26 bits per heavy atom. The fourth-order valence-electron chi connectivity index (χ4n) is 4.75. The van der Waals surface area contributed by atoms with Crippen molar-refractivity contribution < 1.29 is 19.1 Å². The zero-order chi connectivity index (χ0) is 21.6. The van der Waals surface area contributed by atoms with Gasteiger partial charge < -0.3 is 15.4 Å². The summed E-state index contributed by atoms with van der Waals surface area (Å²) in [7, 11) is 0. The van der Waals surface area contributed by atoms with Crippen LogP contribution in [0.3, 0.4) is 0 Å². The maximum atomic E-state index is 13.0. The van der Waals surface area contributed by atoms with Gasteiger partial charge in [0.15, 0.2) is 5.13 Å². The minimum atomic E-state index is -0.860. The quantitative estimate of drug-likeness (QED) is 0.711. The molecule has 1 aliphatic carbocycles. The summed E-state index contributed by atoms with van der Waals surface area (Å²) in [6.45, 7) is 2.37. The van der Waals surface area contributed by atoms with Crippen LogP contribution in [0.1, 0.15) is 38.2 Å². The average Bonchev–Trinajstić information content (AvgIpc) is 3.46. The molecule has 0 unspecified atom stereocenters. The lowest BCUT2D eigenvalue weighted by molar-refractivity contribution is -0.136. The molecule has 0 bridgehead atoms. The number of fused-ring (bicyclic) bond motifs is 1. The first-order chi connectivity index (χ1) is 15.0. The van der Waals surface area contributed by atoms with Crippen LogP contribution in [0.25, 0.3) is 11.3 Å². The van der Waals surface area contributed by atoms with Crippen molar-refractivity contribution in [1.82, 2.24) is 15.2 Å². The smallest absolute Gasteiger partial charge is 0.325 e. The minimum Gasteiger partial charge on any atom is -0.493 e. The number of urea groups is 1. The number of ether oxygens (including phenoxy) is 1. The number of hydrogen-bond acceptors (Lipinski definition) is 6. The van der Waals surface area contributed by atoms with Gasteiger partial charge in [-0.15, -0.1) is 11.3 Å². The molecule has 8 nitrogen and oxygen atoms in total. The molecule has 1 aromatic heterocycles. The summed E-state index contributed by atoms with van der Waals surface area (Å²) in [6, 6.07) is 5.45. The minimum absolute atomic E-state index is 0.0602. The summed E-state index contributed by atoms with van der Waals surface area (Å²) in [5.41, 5.74) is 2.02. The van der Waals surface area contributed by atoms with Crippen LogP contribution in [-0.4, -0.2) is 46.4 Å². The first kappa shape index (κ1) is 20.0. The highest BCUT2D eigenvalue weighted by atomic mass is 32.1. The summed E-state index contributed by atoms with van der Waals surface area (Å²) in [5, 5.41) is 7.90. The molecule has 2 fully saturated rings. The molecule has 0 radical (unpaired) electrons. The Balaban J connectivity index is 1.25. The number of carbonyl (C=O) groups is 3. The molecule has 162 valence electrons. The number of aromatic nitrogens is 1. The lowest BCUT2D eigenvalue weighted by Gasteiger charge is -2.36. The van der Waals surface area contributed by atoms with E-state index in [1.165, 1.54) is 11.3 Å². The molecule has 1 spiro atoms. The number of amides is 4. The molecule has 31 heavy (non-hydrogen) atoms. The Kier molecular flexibility index (Phi) is 4.92. The van der Waals surface area contributed by atoms with E-state index in [9.17, 15) is 14.4 Å². The fourth-order valence-corrected chi connectivity index (χ4v) is 5.49. The monoisotopic (exact) mass is 440 g/mol. The second-order valence-electron chi connectivity index (χ2n) is 8.45. The Morgan fingerprint density at radius 1 is 1.39 bits per heavy atom. The van der Waals surface area contributed by atoms with Crippen molar-refractivity contribution in [3.63, 3.8) is 0 Å². The van der Waals surface area contributed by atoms with Crippen LogP contribution in [0, 0.1) is 5.92 Å². The number of thiazole rings is 1. The topological polar surface area (TPSA) is 101 Å². The summed E-state index contributed by atoms with van der Waals surface area (Å²) >= 11 is 1.31. The van der Waals surface area contributed by atoms with Crippen molar-refractivity contribution in [2.75, 3.05) is 18.5 Å². The number of rotatable bonds is 4. The van der Waals surface area contributed by atoms with Crippen molar-refractivity contribution in [2.24, 2.45) is 5.92 Å². The number of nitrogens with zero attached hydrogens (tertiary/aromatic N) is 2. The van der Waals surface area contributed by atoms with Crippen molar-refractivity contribution in [2.45, 2.75) is 44.6 Å². The molecule has 3 aliphatic rings. The van der Waals surface area contributed by atoms with Gasteiger partial charge in [-0.05, 0) is 42.5 Å². The summed E-state index contributed by atoms with van der Waals surface area (Å²) in [5.74, 6) is 0.239. The van der Waals surface area contributed by atoms with Gasteiger partial charge in [0.1, 0.15) is 17.8 Å². The van der Waals surface area contributed by atoms with E-state index in [0.29, 0.717) is 18.2 Å². The molecule has 1 aromatic carbocycles. The third-order valence-corrected chi connectivity index (χ3v) is 7.30. The molecule has 3 heterocycles. The Hall–Kier alpha value is -2.94. The van der Waals surface area contributed by atoms with Crippen molar-refractivity contribution in [3.8, 4) is 17.0 Å². The van der Waals surface area contributed by atoms with Crippen LogP contribution in [0.2, 0.25) is 0 Å². The van der Waals surface area contributed by atoms with Gasteiger partial charge in [0.05, 0.1) is 12.3 Å². The normalized spacial score (nSPS) is 24.8. The molecule has 2 atom stereocenters. The predicted octanol–water partition coefficient (Wildman–Crippen LogP) is 3.18. The molecule has 9 heteroatoms. The van der Waals surface area contributed by atoms with E-state index in [2.05, 4.69) is 21.7 Å². The van der Waals surface area contributed by atoms with E-state index in [1.807, 2.05) is 24.4 Å². The molecule has 4 amide bonds. The third-order valence-electron chi connectivity index (χ3n) is 6.54. The zero-order valence-corrected chi connectivity index (χ0v) is 18.1. The zero-order valence-electron chi connectivity index (χ0n) is 17.3. The number of benzene rings is 1. The molecule has 1 saturated heterocycles. The number of carbonyl (C=O) groups excluding carboxylic acids is 3. The molecular formula is C22H24N4O4S. The van der Waals surface area contributed by atoms with Crippen LogP contribution in [-0.2, 0) is 16.0 Å². The number of anilines is 1. The van der Waals surface area contributed by atoms with Crippen LogP contribution >= 0.6 is 11.3 Å². The standard InChI is InChI=1S/C22H24N4O4S/c1-13-4-2-3-8-22(13)19(28)26(21(29)25-22)11-18(27)24-20-23-16(12-31-20)14-5-6-17-15(10-14)7-9-30-17/h5-6,10,12-13H,2-4,7-9,11H2,1H3,(H,25,29)(H,23,24,27)/t13-,22+/m1/s1. The van der Waals surface area contributed by atoms with Gasteiger partial charge in [-0.3, -0.25) is 14.5 Å². The van der Waals surface area contributed by atoms with E-state index in [4.69, 9.17) is 4.74 Å². The highest BCUT2D eigenvalue weighted by molar-refractivity contribution is 7.14. The highest BCUT2D eigenvalue weighted by Crippen LogP contribution is 2.38. The van der Waals surface area contributed by atoms with Gasteiger partial charge in [0.25, 0.3) is 5.91 Å². The van der Waals surface area contributed by atoms with Gasteiger partial charge >= 0.3 is 6.03 Å². The molecule has 2 aliphatic heterocycles. The van der Waals surface area contributed by atoms with E-state index >= 15 is 0 Å². The summed E-state index contributed by atoms with van der Waals surface area (Å²) in [4.78, 5) is 43.6. The average molecular weight is 441 g/mol. The Bertz CT molecular complexity index is 1070. The highest BCUT2D eigenvalue weighted by Gasteiger charge is 2.55. The maximum Gasteiger partial charge on any atom is 0.325 e. The van der Waals surface area contributed by atoms with Crippen molar-refractivity contribution in [3.05, 3.63) is 29.1 Å². The fraction of sp³-hybridized carbons (Fsp3) is 0.455. The second kappa shape index (κ2) is 7.64. The van der Waals surface area contributed by atoms with Gasteiger partial charge in [-0.2, -0.15) is 0 Å². The Morgan fingerprint density at radius 3 is 3.10 bits per heavy atom. The third kappa shape index (κ3) is 3.46.